The zero-order chi connectivity index (χ0) is 9.90. The number of hydrogen-bond donors (Lipinski definition) is 0. The van der Waals surface area contributed by atoms with E-state index in [2.05, 4.69) is 58.4 Å². The Balaban J connectivity index is 0.00000169. The summed E-state index contributed by atoms with van der Waals surface area (Å²) in [4.78, 5) is 0. The molecule has 0 aliphatic rings. The molecule has 0 amide bonds. The van der Waals surface area contributed by atoms with Crippen molar-refractivity contribution in [3.05, 3.63) is 35.9 Å². The number of likely N-dealkylation sites (N-methyl/N-ethyl adjacent to an activating group) is 1. The van der Waals surface area contributed by atoms with Crippen molar-refractivity contribution in [2.75, 3.05) is 21.1 Å². The van der Waals surface area contributed by atoms with Gasteiger partial charge in [-0.2, -0.15) is 0 Å². The second-order valence-electron chi connectivity index (χ2n) is 4.65. The van der Waals surface area contributed by atoms with E-state index in [1.54, 1.807) is 0 Å². The SMILES string of the molecule is CC(Cc1ccccc1)[N+](C)(C)C.[Cl-]. The van der Waals surface area contributed by atoms with Crippen LogP contribution in [0.4, 0.5) is 0 Å². The summed E-state index contributed by atoms with van der Waals surface area (Å²) >= 11 is 0. The molecule has 0 heterocycles. The third-order valence-corrected chi connectivity index (χ3v) is 2.70. The van der Waals surface area contributed by atoms with Gasteiger partial charge < -0.3 is 16.9 Å². The smallest absolute Gasteiger partial charge is 0.0896 e. The topological polar surface area (TPSA) is 0 Å². The van der Waals surface area contributed by atoms with Gasteiger partial charge in [-0.05, 0) is 12.5 Å². The van der Waals surface area contributed by atoms with Gasteiger partial charge in [-0.25, -0.2) is 0 Å². The molecule has 0 radical (unpaired) electrons. The van der Waals surface area contributed by atoms with Gasteiger partial charge in [0.15, 0.2) is 0 Å². The van der Waals surface area contributed by atoms with E-state index in [-0.39, 0.29) is 12.4 Å². The summed E-state index contributed by atoms with van der Waals surface area (Å²) in [6, 6.07) is 11.4. The van der Waals surface area contributed by atoms with Crippen LogP contribution in [-0.2, 0) is 6.42 Å². The molecule has 0 saturated heterocycles. The third-order valence-electron chi connectivity index (χ3n) is 2.70. The fraction of sp³-hybridized carbons (Fsp3) is 0.500. The van der Waals surface area contributed by atoms with E-state index in [4.69, 9.17) is 0 Å². The molecule has 0 aromatic heterocycles. The molecule has 2 heteroatoms. The van der Waals surface area contributed by atoms with Crippen LogP contribution < -0.4 is 12.4 Å². The van der Waals surface area contributed by atoms with Crippen molar-refractivity contribution in [1.29, 1.82) is 0 Å². The summed E-state index contributed by atoms with van der Waals surface area (Å²) in [5.41, 5.74) is 1.43. The molecule has 1 rings (SSSR count). The second kappa shape index (κ2) is 5.38. The van der Waals surface area contributed by atoms with E-state index in [0.29, 0.717) is 6.04 Å². The molecule has 0 bridgehead atoms. The summed E-state index contributed by atoms with van der Waals surface area (Å²) in [5, 5.41) is 0. The average molecular weight is 214 g/mol. The standard InChI is InChI=1S/C12H20N.ClH/c1-11(13(2,3)4)10-12-8-6-5-7-9-12;/h5-9,11H,10H2,1-4H3;1H/q+1;/p-1. The largest absolute Gasteiger partial charge is 1.00 e. The third kappa shape index (κ3) is 4.12. The molecular formula is C12H20ClN. The number of halogens is 1. The zero-order valence-electron chi connectivity index (χ0n) is 9.50. The Morgan fingerprint density at radius 1 is 1.07 bits per heavy atom. The summed E-state index contributed by atoms with van der Waals surface area (Å²) < 4.78 is 1.02. The molecule has 1 unspecified atom stereocenters. The van der Waals surface area contributed by atoms with Gasteiger partial charge in [0.25, 0.3) is 0 Å². The van der Waals surface area contributed by atoms with Crippen molar-refractivity contribution in [1.82, 2.24) is 0 Å². The highest BCUT2D eigenvalue weighted by molar-refractivity contribution is 5.15. The van der Waals surface area contributed by atoms with E-state index in [0.717, 1.165) is 10.9 Å². The van der Waals surface area contributed by atoms with Crippen LogP contribution in [0.25, 0.3) is 0 Å². The highest BCUT2D eigenvalue weighted by Gasteiger charge is 2.17. The fourth-order valence-electron chi connectivity index (χ4n) is 1.23. The summed E-state index contributed by atoms with van der Waals surface area (Å²) in [7, 11) is 6.73. The molecule has 0 N–H and O–H groups in total. The molecule has 1 aromatic rings. The molecule has 80 valence electrons. The van der Waals surface area contributed by atoms with Gasteiger partial charge >= 0.3 is 0 Å². The lowest BCUT2D eigenvalue weighted by atomic mass is 10.1. The van der Waals surface area contributed by atoms with Crippen LogP contribution in [0.3, 0.4) is 0 Å². The van der Waals surface area contributed by atoms with E-state index >= 15 is 0 Å². The van der Waals surface area contributed by atoms with Crippen LogP contribution in [0, 0.1) is 0 Å². The Morgan fingerprint density at radius 3 is 2.00 bits per heavy atom. The molecule has 1 nitrogen and oxygen atoms in total. The lowest BCUT2D eigenvalue weighted by molar-refractivity contribution is -0.893. The van der Waals surface area contributed by atoms with Crippen LogP contribution in [0.2, 0.25) is 0 Å². The van der Waals surface area contributed by atoms with E-state index in [1.165, 1.54) is 5.56 Å². The first-order valence-corrected chi connectivity index (χ1v) is 4.85. The van der Waals surface area contributed by atoms with Crippen molar-refractivity contribution in [2.24, 2.45) is 0 Å². The number of rotatable bonds is 3. The maximum atomic E-state index is 2.30. The van der Waals surface area contributed by atoms with E-state index in [9.17, 15) is 0 Å². The molecule has 14 heavy (non-hydrogen) atoms. The minimum atomic E-state index is 0. The minimum Gasteiger partial charge on any atom is -1.00 e. The van der Waals surface area contributed by atoms with Gasteiger partial charge in [0.1, 0.15) is 0 Å². The quantitative estimate of drug-likeness (QED) is 0.585. The van der Waals surface area contributed by atoms with Gasteiger partial charge in [0, 0.05) is 6.42 Å². The first-order chi connectivity index (χ1) is 6.00. The van der Waals surface area contributed by atoms with E-state index < -0.39 is 0 Å². The number of hydrogen-bond acceptors (Lipinski definition) is 0. The maximum Gasteiger partial charge on any atom is 0.0896 e. The van der Waals surface area contributed by atoms with Crippen LogP contribution in [0.1, 0.15) is 12.5 Å². The fourth-order valence-corrected chi connectivity index (χ4v) is 1.23. The lowest BCUT2D eigenvalue weighted by Crippen LogP contribution is -3.00. The average Bonchev–Trinajstić information content (AvgIpc) is 2.04. The van der Waals surface area contributed by atoms with Crippen LogP contribution >= 0.6 is 0 Å². The molecule has 0 aliphatic carbocycles. The lowest BCUT2D eigenvalue weighted by Gasteiger charge is -2.31. The molecule has 0 aliphatic heterocycles. The van der Waals surface area contributed by atoms with Gasteiger partial charge in [-0.3, -0.25) is 0 Å². The molecule has 1 atom stereocenters. The Hall–Kier alpha value is -0.530. The highest BCUT2D eigenvalue weighted by atomic mass is 35.5. The Morgan fingerprint density at radius 2 is 1.57 bits per heavy atom. The highest BCUT2D eigenvalue weighted by Crippen LogP contribution is 2.10. The second-order valence-corrected chi connectivity index (χ2v) is 4.65. The predicted molar refractivity (Wildman–Crippen MR) is 57.6 cm³/mol. The van der Waals surface area contributed by atoms with Crippen LogP contribution in [-0.4, -0.2) is 31.7 Å². The predicted octanol–water partition coefficient (Wildman–Crippen LogP) is -0.672. The monoisotopic (exact) mass is 213 g/mol. The Kier molecular flexibility index (Phi) is 5.17. The normalized spacial score (nSPS) is 13.1. The van der Waals surface area contributed by atoms with Gasteiger partial charge in [-0.15, -0.1) is 0 Å². The Bertz CT molecular complexity index is 251. The molecule has 0 fully saturated rings. The molecule has 0 spiro atoms. The first-order valence-electron chi connectivity index (χ1n) is 4.85. The molecule has 1 aromatic carbocycles. The molecule has 0 saturated carbocycles. The first kappa shape index (κ1) is 13.5. The number of benzene rings is 1. The van der Waals surface area contributed by atoms with E-state index in [1.807, 2.05) is 0 Å². The van der Waals surface area contributed by atoms with Crippen LogP contribution in [0.5, 0.6) is 0 Å². The van der Waals surface area contributed by atoms with Gasteiger partial charge in [0.2, 0.25) is 0 Å². The summed E-state index contributed by atoms with van der Waals surface area (Å²) in [6.07, 6.45) is 1.16. The van der Waals surface area contributed by atoms with Crippen molar-refractivity contribution in [3.8, 4) is 0 Å². The van der Waals surface area contributed by atoms with Crippen LogP contribution in [0.15, 0.2) is 30.3 Å². The summed E-state index contributed by atoms with van der Waals surface area (Å²) in [6.45, 7) is 2.30. The van der Waals surface area contributed by atoms with Crippen molar-refractivity contribution in [3.63, 3.8) is 0 Å². The van der Waals surface area contributed by atoms with Gasteiger partial charge in [-0.1, -0.05) is 30.3 Å². The van der Waals surface area contributed by atoms with Crippen molar-refractivity contribution in [2.45, 2.75) is 19.4 Å². The zero-order valence-corrected chi connectivity index (χ0v) is 10.3. The number of nitrogens with zero attached hydrogens (tertiary/aromatic N) is 1. The summed E-state index contributed by atoms with van der Waals surface area (Å²) in [5.74, 6) is 0. The minimum absolute atomic E-state index is 0. The Labute approximate surface area is 93.7 Å². The van der Waals surface area contributed by atoms with Gasteiger partial charge in [0.05, 0.1) is 27.2 Å². The maximum absolute atomic E-state index is 2.30. The molecular weight excluding hydrogens is 194 g/mol. The van der Waals surface area contributed by atoms with Crippen molar-refractivity contribution >= 4 is 0 Å². The number of quaternary nitrogens is 1. The van der Waals surface area contributed by atoms with Crippen molar-refractivity contribution < 1.29 is 16.9 Å².